The van der Waals surface area contributed by atoms with Gasteiger partial charge in [-0.1, -0.05) is 103 Å². The van der Waals surface area contributed by atoms with Gasteiger partial charge in [-0.3, -0.25) is 28.8 Å². The number of aryl methyl sites for hydroxylation is 1. The van der Waals surface area contributed by atoms with Crippen LogP contribution in [0.5, 0.6) is 34.5 Å². The highest BCUT2D eigenvalue weighted by molar-refractivity contribution is 6.14. The molecule has 0 radical (unpaired) electrons. The highest BCUT2D eigenvalue weighted by Crippen LogP contribution is 2.35. The summed E-state index contributed by atoms with van der Waals surface area (Å²) in [6.07, 6.45) is 5.09. The Morgan fingerprint density at radius 2 is 0.772 bits per heavy atom. The summed E-state index contributed by atoms with van der Waals surface area (Å²) in [4.78, 5) is 140. The number of hydrogen-bond acceptors (Lipinski definition) is 19. The van der Waals surface area contributed by atoms with Crippen LogP contribution in [0, 0.1) is 48.1 Å². The first-order chi connectivity index (χ1) is 60.9. The fourth-order valence-corrected chi connectivity index (χ4v) is 12.0. The maximum Gasteiger partial charge on any atom is 0.336 e. The lowest BCUT2D eigenvalue weighted by Crippen LogP contribution is -2.18. The normalized spacial score (nSPS) is 10.7. The van der Waals surface area contributed by atoms with Gasteiger partial charge in [0.25, 0.3) is 23.6 Å². The molecule has 2 aliphatic rings. The van der Waals surface area contributed by atoms with Crippen molar-refractivity contribution in [3.63, 3.8) is 0 Å². The highest BCUT2D eigenvalue weighted by atomic mass is 19.1. The molecule has 0 atom stereocenters. The Labute approximate surface area is 720 Å². The van der Waals surface area contributed by atoms with Crippen molar-refractivity contribution in [3.05, 3.63) is 367 Å². The lowest BCUT2D eigenvalue weighted by Gasteiger charge is -2.19. The Balaban J connectivity index is 0.000000172. The van der Waals surface area contributed by atoms with Crippen molar-refractivity contribution in [2.45, 2.75) is 19.8 Å². The summed E-state index contributed by atoms with van der Waals surface area (Å²) >= 11 is 0. The molecule has 12 aromatic rings. The molecule has 127 heavy (non-hydrogen) atoms. The van der Waals surface area contributed by atoms with E-state index in [0.717, 1.165) is 29.3 Å². The Morgan fingerprint density at radius 3 is 1.22 bits per heavy atom. The van der Waals surface area contributed by atoms with Gasteiger partial charge in [-0.15, -0.1) is 6.42 Å². The molecule has 0 unspecified atom stereocenters. The van der Waals surface area contributed by atoms with E-state index in [2.05, 4.69) is 27.2 Å². The number of carboxylic acids is 6. The molecule has 0 aliphatic carbocycles. The standard InChI is InChI=1S/2C16H10FNO3.C16H13NO5.C16H15NO5.C16H12O5.C15H12FNO3/c1-2-10-9-11(7-8-14(10)17)18-15(19)12-5-3-4-6-13(12)16(20)21;17-12-6-10(5-11(7-12)9-18)8-15(19)13-3-1-2-4-14(13)16(20)21;18-15(11-3-1-2-4-12(11)16(19)20)17-10-5-6-13-14(9-10)22-8-7-21-13;1-21-10-7-8-14(22-2)13(9-10)17-15(18)11-5-3-4-6-12(11)16(19)20;17-13(11-3-1-2-4-12(11)16(18)19)7-10-5-6-14-15(8-10)21-9-20-14;1-9-6-7-13(12(16)8-9)17-14(18)10-4-2-3-5-11(10)15(19)20/h1,3-9H,(H,18,19)(H,20,21);1-7H,8H2,(H,20,21);1-6,9H,7-8H2,(H,17,18)(H,19,20);3-9H,1-2H3,(H,17,18)(H,19,20);1-6,8H,7,9H2,(H,18,19);2-8H,1H3,(H,17,18)(H,19,20). The largest absolute Gasteiger partial charge is 0.497 e. The summed E-state index contributed by atoms with van der Waals surface area (Å²) < 4.78 is 71.8. The maximum absolute atomic E-state index is 13.7. The van der Waals surface area contributed by atoms with E-state index in [4.69, 9.17) is 70.7 Å². The highest BCUT2D eigenvalue weighted by Gasteiger charge is 2.25. The number of amides is 4. The van der Waals surface area contributed by atoms with Gasteiger partial charge in [0.1, 0.15) is 42.2 Å². The molecule has 29 nitrogen and oxygen atoms in total. The number of Topliss-reactive ketones (excluding diaryl/α,β-unsaturated/α-hetero) is 2. The van der Waals surface area contributed by atoms with Crippen molar-refractivity contribution in [2.75, 3.05) is 55.5 Å². The molecule has 4 amide bonds. The molecule has 0 fully saturated rings. The number of ketones is 2. The average Bonchev–Trinajstić information content (AvgIpc) is 1.37. The molecule has 642 valence electrons. The second kappa shape index (κ2) is 44.6. The number of ether oxygens (including phenoxy) is 6. The summed E-state index contributed by atoms with van der Waals surface area (Å²) in [5, 5.41) is 73.4. The van der Waals surface area contributed by atoms with Crippen LogP contribution in [-0.4, -0.2) is 136 Å². The number of nitriles is 1. The van der Waals surface area contributed by atoms with E-state index in [-0.39, 0.29) is 115 Å². The molecule has 0 spiro atoms. The minimum atomic E-state index is -1.21. The quantitative estimate of drug-likeness (QED) is 0.0222. The molecule has 10 N–H and O–H groups in total. The van der Waals surface area contributed by atoms with Crippen LogP contribution in [0.1, 0.15) is 152 Å². The van der Waals surface area contributed by atoms with Gasteiger partial charge in [-0.25, -0.2) is 41.9 Å². The molecule has 0 saturated heterocycles. The zero-order valence-corrected chi connectivity index (χ0v) is 67.0. The SMILES string of the molecule is C#Cc1cc(NC(=O)c2ccccc2C(=O)O)ccc1F.COc1ccc(OC)c(NC(=O)c2ccccc2C(=O)O)c1.Cc1ccc(NC(=O)c2ccccc2C(=O)O)c(F)c1.N#Cc1cc(F)cc(CC(=O)c2ccccc2C(=O)O)c1.O=C(O)c1ccccc1C(=O)Cc1ccc2c(c1)OCO2.O=C(O)c1ccccc1C(=O)Nc1ccc2c(c1)OCCO2. The Hall–Kier alpha value is -17.7. The maximum atomic E-state index is 13.7. The van der Waals surface area contributed by atoms with Crippen LogP contribution in [0.25, 0.3) is 0 Å². The van der Waals surface area contributed by atoms with Crippen molar-refractivity contribution in [1.82, 2.24) is 0 Å². The predicted octanol–water partition coefficient (Wildman–Crippen LogP) is 16.3. The summed E-state index contributed by atoms with van der Waals surface area (Å²) in [5.41, 5.74) is 3.15. The van der Waals surface area contributed by atoms with Crippen molar-refractivity contribution >= 4 is 93.8 Å². The fourth-order valence-electron chi connectivity index (χ4n) is 12.0. The van der Waals surface area contributed by atoms with Crippen LogP contribution in [0.4, 0.5) is 35.9 Å². The zero-order chi connectivity index (χ0) is 92.0. The molecule has 32 heteroatoms. The lowest BCUT2D eigenvalue weighted by molar-refractivity contribution is 0.0683. The Bertz CT molecular complexity index is 6330. The number of carbonyl (C=O) groups is 12. The summed E-state index contributed by atoms with van der Waals surface area (Å²) in [6, 6.07) is 64.5. The van der Waals surface area contributed by atoms with Gasteiger partial charge in [0.2, 0.25) is 6.79 Å². The van der Waals surface area contributed by atoms with E-state index in [1.807, 2.05) is 0 Å². The number of aromatic carboxylic acids is 6. The number of rotatable bonds is 22. The number of terminal acetylenes is 1. The van der Waals surface area contributed by atoms with Gasteiger partial charge in [-0.05, 0) is 169 Å². The predicted molar refractivity (Wildman–Crippen MR) is 454 cm³/mol. The van der Waals surface area contributed by atoms with Gasteiger partial charge in [0.15, 0.2) is 34.6 Å². The first kappa shape index (κ1) is 93.2. The first-order valence-electron chi connectivity index (χ1n) is 37.4. The van der Waals surface area contributed by atoms with Crippen LogP contribution in [-0.2, 0) is 12.8 Å². The summed E-state index contributed by atoms with van der Waals surface area (Å²) in [6.45, 7) is 2.85. The number of carbonyl (C=O) groups excluding carboxylic acids is 6. The van der Waals surface area contributed by atoms with Crippen LogP contribution in [0.3, 0.4) is 0 Å². The smallest absolute Gasteiger partial charge is 0.336 e. The number of nitrogens with one attached hydrogen (secondary N) is 4. The number of hydrogen-bond donors (Lipinski definition) is 10. The molecule has 2 heterocycles. The number of anilines is 4. The van der Waals surface area contributed by atoms with Crippen molar-refractivity contribution in [1.29, 1.82) is 5.26 Å². The van der Waals surface area contributed by atoms with E-state index < -0.39 is 82.7 Å². The lowest BCUT2D eigenvalue weighted by atomic mass is 9.97. The van der Waals surface area contributed by atoms with Crippen LogP contribution >= 0.6 is 0 Å². The van der Waals surface area contributed by atoms with E-state index in [1.54, 1.807) is 128 Å². The van der Waals surface area contributed by atoms with Crippen LogP contribution in [0.15, 0.2) is 255 Å². The Kier molecular flexibility index (Phi) is 32.7. The summed E-state index contributed by atoms with van der Waals surface area (Å²) in [7, 11) is 2.98. The molecular weight excluding hydrogens is 1650 g/mol. The summed E-state index contributed by atoms with van der Waals surface area (Å²) in [5.74, 6) is -6.18. The third kappa shape index (κ3) is 25.7. The fraction of sp³-hybridized carbons (Fsp3) is 0.0842. The molecule has 12 aromatic carbocycles. The van der Waals surface area contributed by atoms with Gasteiger partial charge in [-0.2, -0.15) is 5.26 Å². The number of benzene rings is 12. The van der Waals surface area contributed by atoms with E-state index in [0.29, 0.717) is 64.6 Å². The minimum Gasteiger partial charge on any atom is -0.497 e. The second-order valence-corrected chi connectivity index (χ2v) is 26.5. The molecular formula is C95H72F3N5O24. The van der Waals surface area contributed by atoms with E-state index in [1.165, 1.54) is 136 Å². The molecule has 14 rings (SSSR count). The third-order valence-electron chi connectivity index (χ3n) is 18.0. The number of nitrogens with zero attached hydrogens (tertiary/aromatic N) is 1. The Morgan fingerprint density at radius 1 is 0.378 bits per heavy atom. The van der Waals surface area contributed by atoms with Gasteiger partial charge in [0, 0.05) is 47.5 Å². The number of methoxy groups -OCH3 is 2. The van der Waals surface area contributed by atoms with Crippen molar-refractivity contribution < 1.29 is 130 Å². The van der Waals surface area contributed by atoms with E-state index >= 15 is 0 Å². The second-order valence-electron chi connectivity index (χ2n) is 26.5. The van der Waals surface area contributed by atoms with Gasteiger partial charge < -0.3 is 80.3 Å². The van der Waals surface area contributed by atoms with Crippen molar-refractivity contribution in [2.24, 2.45) is 0 Å². The number of carboxylic acid groups (broad SMARTS) is 6. The van der Waals surface area contributed by atoms with Crippen LogP contribution in [0.2, 0.25) is 0 Å². The number of fused-ring (bicyclic) bond motifs is 2. The third-order valence-corrected chi connectivity index (χ3v) is 18.0. The van der Waals surface area contributed by atoms with Gasteiger partial charge in [0.05, 0.1) is 98.4 Å². The molecule has 2 aliphatic heterocycles. The van der Waals surface area contributed by atoms with Gasteiger partial charge >= 0.3 is 35.8 Å². The number of halogens is 3. The molecule has 0 saturated carbocycles. The molecule has 0 bridgehead atoms. The van der Waals surface area contributed by atoms with E-state index in [9.17, 15) is 70.7 Å². The molecule has 0 aromatic heterocycles. The minimum absolute atomic E-state index is 0.0107. The topological polar surface area (TPSA) is 454 Å². The van der Waals surface area contributed by atoms with Crippen molar-refractivity contribution in [3.8, 4) is 52.9 Å². The van der Waals surface area contributed by atoms with Crippen LogP contribution < -0.4 is 49.7 Å². The first-order valence-corrected chi connectivity index (χ1v) is 37.4. The monoisotopic (exact) mass is 1720 g/mol. The average molecular weight is 1720 g/mol. The zero-order valence-electron chi connectivity index (χ0n) is 67.0.